The smallest absolute Gasteiger partial charge is 0.253 e. The topological polar surface area (TPSA) is 82.3 Å². The van der Waals surface area contributed by atoms with Crippen molar-refractivity contribution >= 4 is 17.5 Å². The molecular formula is C20H23N3O3. The van der Waals surface area contributed by atoms with Crippen LogP contribution in [0.15, 0.2) is 41.2 Å². The van der Waals surface area contributed by atoms with E-state index < -0.39 is 0 Å². The van der Waals surface area contributed by atoms with E-state index in [2.05, 4.69) is 10.3 Å². The Morgan fingerprint density at radius 2 is 1.88 bits per heavy atom. The molecule has 2 heterocycles. The highest BCUT2D eigenvalue weighted by Gasteiger charge is 2.21. The fourth-order valence-electron chi connectivity index (χ4n) is 3.14. The third kappa shape index (κ3) is 3.85. The zero-order valence-electron chi connectivity index (χ0n) is 15.0. The summed E-state index contributed by atoms with van der Waals surface area (Å²) in [4.78, 5) is 40.3. The van der Waals surface area contributed by atoms with Crippen molar-refractivity contribution < 1.29 is 9.59 Å². The van der Waals surface area contributed by atoms with Gasteiger partial charge in [-0.15, -0.1) is 0 Å². The lowest BCUT2D eigenvalue weighted by atomic mass is 10.0. The molecule has 0 radical (unpaired) electrons. The van der Waals surface area contributed by atoms with Gasteiger partial charge < -0.3 is 15.2 Å². The summed E-state index contributed by atoms with van der Waals surface area (Å²) in [7, 11) is 0. The fraction of sp³-hybridized carbons (Fsp3) is 0.350. The summed E-state index contributed by atoms with van der Waals surface area (Å²) in [5, 5.41) is 2.89. The van der Waals surface area contributed by atoms with E-state index in [0.717, 1.165) is 24.2 Å². The van der Waals surface area contributed by atoms with Crippen LogP contribution >= 0.6 is 0 Å². The molecule has 1 aromatic heterocycles. The zero-order valence-corrected chi connectivity index (χ0v) is 15.0. The normalized spacial score (nSPS) is 14.1. The number of anilines is 1. The van der Waals surface area contributed by atoms with E-state index in [9.17, 15) is 14.4 Å². The van der Waals surface area contributed by atoms with Crippen LogP contribution in [-0.4, -0.2) is 23.3 Å². The molecule has 2 amide bonds. The first-order chi connectivity index (χ1) is 12.5. The SMILES string of the molecule is CC(C)c1[nH]c(=O)ccc1C(=O)NCc1ccc(N2CCCC2=O)cc1. The van der Waals surface area contributed by atoms with Gasteiger partial charge in [-0.05, 0) is 36.1 Å². The molecule has 0 unspecified atom stereocenters. The van der Waals surface area contributed by atoms with Crippen molar-refractivity contribution in [2.75, 3.05) is 11.4 Å². The van der Waals surface area contributed by atoms with Crippen LogP contribution in [0.4, 0.5) is 5.69 Å². The summed E-state index contributed by atoms with van der Waals surface area (Å²) in [6, 6.07) is 10.6. The number of hydrogen-bond donors (Lipinski definition) is 2. The Morgan fingerprint density at radius 3 is 2.50 bits per heavy atom. The lowest BCUT2D eigenvalue weighted by molar-refractivity contribution is -0.117. The van der Waals surface area contributed by atoms with Crippen LogP contribution in [0.5, 0.6) is 0 Å². The lowest BCUT2D eigenvalue weighted by Gasteiger charge is -2.16. The number of carbonyl (C=O) groups is 2. The number of carbonyl (C=O) groups excluding carboxylic acids is 2. The van der Waals surface area contributed by atoms with Crippen LogP contribution in [0.3, 0.4) is 0 Å². The third-order valence-electron chi connectivity index (χ3n) is 4.55. The molecule has 1 aliphatic rings. The van der Waals surface area contributed by atoms with Crippen LogP contribution in [-0.2, 0) is 11.3 Å². The molecule has 0 saturated carbocycles. The van der Waals surface area contributed by atoms with E-state index >= 15 is 0 Å². The molecular weight excluding hydrogens is 330 g/mol. The summed E-state index contributed by atoms with van der Waals surface area (Å²) < 4.78 is 0. The predicted molar refractivity (Wildman–Crippen MR) is 100 cm³/mol. The second-order valence-electron chi connectivity index (χ2n) is 6.80. The predicted octanol–water partition coefficient (Wildman–Crippen LogP) is 2.56. The number of aromatic nitrogens is 1. The zero-order chi connectivity index (χ0) is 18.7. The highest BCUT2D eigenvalue weighted by Crippen LogP contribution is 2.21. The molecule has 0 atom stereocenters. The Hall–Kier alpha value is -2.89. The molecule has 0 aliphatic carbocycles. The standard InChI is InChI=1S/C20H23N3O3/c1-13(2)19-16(9-10-17(24)22-19)20(26)21-12-14-5-7-15(8-6-14)23-11-3-4-18(23)25/h5-10,13H,3-4,11-12H2,1-2H3,(H,21,26)(H,22,24). The van der Waals surface area contributed by atoms with Crippen molar-refractivity contribution in [1.82, 2.24) is 10.3 Å². The highest BCUT2D eigenvalue weighted by molar-refractivity contribution is 5.96. The molecule has 0 bridgehead atoms. The minimum absolute atomic E-state index is 0.0435. The number of nitrogens with zero attached hydrogens (tertiary/aromatic N) is 1. The van der Waals surface area contributed by atoms with E-state index in [-0.39, 0.29) is 23.3 Å². The molecule has 2 N–H and O–H groups in total. The van der Waals surface area contributed by atoms with Gasteiger partial charge in [0, 0.05) is 37.0 Å². The highest BCUT2D eigenvalue weighted by atomic mass is 16.2. The van der Waals surface area contributed by atoms with Gasteiger partial charge in [-0.25, -0.2) is 0 Å². The summed E-state index contributed by atoms with van der Waals surface area (Å²) in [6.45, 7) is 5.00. The number of H-pyrrole nitrogens is 1. The molecule has 136 valence electrons. The molecule has 0 spiro atoms. The summed E-state index contributed by atoms with van der Waals surface area (Å²) in [5.74, 6) is -0.0176. The van der Waals surface area contributed by atoms with Gasteiger partial charge in [0.25, 0.3) is 5.91 Å². The minimum Gasteiger partial charge on any atom is -0.348 e. The van der Waals surface area contributed by atoms with Gasteiger partial charge in [0.1, 0.15) is 0 Å². The Labute approximate surface area is 152 Å². The largest absolute Gasteiger partial charge is 0.348 e. The minimum atomic E-state index is -0.219. The number of pyridine rings is 1. The maximum atomic E-state index is 12.5. The van der Waals surface area contributed by atoms with Crippen LogP contribution in [0, 0.1) is 0 Å². The Bertz CT molecular complexity index is 869. The van der Waals surface area contributed by atoms with Crippen molar-refractivity contribution in [2.24, 2.45) is 0 Å². The Balaban J connectivity index is 1.67. The van der Waals surface area contributed by atoms with E-state index in [1.54, 1.807) is 11.0 Å². The summed E-state index contributed by atoms with van der Waals surface area (Å²) in [6.07, 6.45) is 1.50. The quantitative estimate of drug-likeness (QED) is 0.867. The van der Waals surface area contributed by atoms with Crippen molar-refractivity contribution in [1.29, 1.82) is 0 Å². The number of benzene rings is 1. The number of rotatable bonds is 5. The maximum Gasteiger partial charge on any atom is 0.253 e. The van der Waals surface area contributed by atoms with Crippen LogP contribution < -0.4 is 15.8 Å². The second-order valence-corrected chi connectivity index (χ2v) is 6.80. The number of amides is 2. The van der Waals surface area contributed by atoms with E-state index in [1.807, 2.05) is 38.1 Å². The van der Waals surface area contributed by atoms with Gasteiger partial charge in [0.05, 0.1) is 5.56 Å². The fourth-order valence-corrected chi connectivity index (χ4v) is 3.14. The molecule has 1 aliphatic heterocycles. The van der Waals surface area contributed by atoms with Crippen molar-refractivity contribution in [3.8, 4) is 0 Å². The monoisotopic (exact) mass is 353 g/mol. The van der Waals surface area contributed by atoms with Gasteiger partial charge in [0.2, 0.25) is 11.5 Å². The number of aromatic amines is 1. The van der Waals surface area contributed by atoms with E-state index in [4.69, 9.17) is 0 Å². The molecule has 3 rings (SSSR count). The average Bonchev–Trinajstić information content (AvgIpc) is 3.06. The molecule has 1 saturated heterocycles. The summed E-state index contributed by atoms with van der Waals surface area (Å²) >= 11 is 0. The van der Waals surface area contributed by atoms with Crippen LogP contribution in [0.25, 0.3) is 0 Å². The molecule has 1 aromatic carbocycles. The molecule has 1 fully saturated rings. The first-order valence-corrected chi connectivity index (χ1v) is 8.86. The number of hydrogen-bond acceptors (Lipinski definition) is 3. The van der Waals surface area contributed by atoms with E-state index in [0.29, 0.717) is 24.2 Å². The molecule has 6 heteroatoms. The van der Waals surface area contributed by atoms with Crippen molar-refractivity contribution in [2.45, 2.75) is 39.2 Å². The Kier molecular flexibility index (Phi) is 5.21. The van der Waals surface area contributed by atoms with E-state index in [1.165, 1.54) is 6.07 Å². The molecule has 26 heavy (non-hydrogen) atoms. The van der Waals surface area contributed by atoms with Gasteiger partial charge >= 0.3 is 0 Å². The average molecular weight is 353 g/mol. The van der Waals surface area contributed by atoms with Crippen LogP contribution in [0.2, 0.25) is 0 Å². The third-order valence-corrected chi connectivity index (χ3v) is 4.55. The lowest BCUT2D eigenvalue weighted by Crippen LogP contribution is -2.26. The number of nitrogens with one attached hydrogen (secondary N) is 2. The second kappa shape index (κ2) is 7.56. The van der Waals surface area contributed by atoms with Gasteiger partial charge in [-0.1, -0.05) is 26.0 Å². The Morgan fingerprint density at radius 1 is 1.15 bits per heavy atom. The first-order valence-electron chi connectivity index (χ1n) is 8.86. The maximum absolute atomic E-state index is 12.5. The van der Waals surface area contributed by atoms with Gasteiger partial charge in [-0.2, -0.15) is 0 Å². The molecule has 2 aromatic rings. The first kappa shape index (κ1) is 17.9. The van der Waals surface area contributed by atoms with Crippen LogP contribution in [0.1, 0.15) is 54.2 Å². The van der Waals surface area contributed by atoms with Crippen molar-refractivity contribution in [3.05, 3.63) is 63.6 Å². The van der Waals surface area contributed by atoms with Crippen molar-refractivity contribution in [3.63, 3.8) is 0 Å². The summed E-state index contributed by atoms with van der Waals surface area (Å²) in [5.41, 5.74) is 2.75. The molecule has 6 nitrogen and oxygen atoms in total. The van der Waals surface area contributed by atoms with Gasteiger partial charge in [-0.3, -0.25) is 14.4 Å². The van der Waals surface area contributed by atoms with Gasteiger partial charge in [0.15, 0.2) is 0 Å².